The van der Waals surface area contributed by atoms with E-state index in [1.165, 1.54) is 23.0 Å². The Hall–Kier alpha value is -3.01. The summed E-state index contributed by atoms with van der Waals surface area (Å²) in [5.74, 6) is 0.741. The van der Waals surface area contributed by atoms with Gasteiger partial charge in [-0.2, -0.15) is 4.68 Å². The van der Waals surface area contributed by atoms with Crippen LogP contribution >= 0.6 is 11.6 Å². The monoisotopic (exact) mass is 406 g/mol. The zero-order chi connectivity index (χ0) is 20.3. The second-order valence-electron chi connectivity index (χ2n) is 6.22. The maximum Gasteiger partial charge on any atom is 0.342 e. The number of carbonyl (C=O) groups excluding carboxylic acids is 1. The summed E-state index contributed by atoms with van der Waals surface area (Å²) in [6, 6.07) is 4.23. The third-order valence-electron chi connectivity index (χ3n) is 3.84. The number of hydrogen-bond acceptors (Lipinski definition) is 6. The summed E-state index contributed by atoms with van der Waals surface area (Å²) in [6.45, 7) is 6.22. The molecule has 3 heterocycles. The van der Waals surface area contributed by atoms with Crippen LogP contribution in [0.2, 0.25) is 0 Å². The fourth-order valence-electron chi connectivity index (χ4n) is 2.50. The third-order valence-corrected chi connectivity index (χ3v) is 4.12. The first-order chi connectivity index (χ1) is 13.4. The molecule has 0 aliphatic heterocycles. The summed E-state index contributed by atoms with van der Waals surface area (Å²) in [5.41, 5.74) is 0.409. The lowest BCUT2D eigenvalue weighted by Crippen LogP contribution is -2.34. The largest absolute Gasteiger partial charge is 0.342 e. The molecule has 0 atom stereocenters. The van der Waals surface area contributed by atoms with E-state index in [9.17, 15) is 9.18 Å². The molecule has 0 saturated heterocycles. The number of nitrogens with one attached hydrogen (secondary N) is 1. The number of rotatable bonds is 6. The zero-order valence-electron chi connectivity index (χ0n) is 15.7. The van der Waals surface area contributed by atoms with E-state index in [0.29, 0.717) is 29.8 Å². The molecule has 1 amide bonds. The molecule has 0 unspecified atom stereocenters. The van der Waals surface area contributed by atoms with Crippen molar-refractivity contribution in [3.8, 4) is 17.3 Å². The highest BCUT2D eigenvalue weighted by atomic mass is 35.5. The van der Waals surface area contributed by atoms with Crippen LogP contribution in [0.15, 0.2) is 30.6 Å². The minimum atomic E-state index is -0.458. The molecule has 28 heavy (non-hydrogen) atoms. The standard InChI is InChI=1S/C17H20ClFN8O/c1-4-25(10-18)16-23-22-15(13-6-5-12(19)9-20-13)27(16)14-7-8-26(24-14)17(28)21-11(2)3/h5-9,11H,4,10H2,1-3H3,(H,21,28). The minimum Gasteiger partial charge on any atom is -0.334 e. The summed E-state index contributed by atoms with van der Waals surface area (Å²) in [4.78, 5) is 18.1. The molecule has 3 rings (SSSR count). The molecular formula is C17H20ClFN8O. The Morgan fingerprint density at radius 2 is 2.11 bits per heavy atom. The molecule has 0 fully saturated rings. The smallest absolute Gasteiger partial charge is 0.334 e. The first-order valence-electron chi connectivity index (χ1n) is 8.69. The maximum atomic E-state index is 13.3. The number of halogens is 2. The molecule has 0 bridgehead atoms. The van der Waals surface area contributed by atoms with Gasteiger partial charge in [-0.05, 0) is 32.9 Å². The van der Waals surface area contributed by atoms with Gasteiger partial charge in [0.15, 0.2) is 11.6 Å². The zero-order valence-corrected chi connectivity index (χ0v) is 16.4. The maximum absolute atomic E-state index is 13.3. The van der Waals surface area contributed by atoms with Crippen molar-refractivity contribution >= 4 is 23.6 Å². The van der Waals surface area contributed by atoms with Crippen molar-refractivity contribution < 1.29 is 9.18 Å². The number of carbonyl (C=O) groups is 1. The van der Waals surface area contributed by atoms with Crippen molar-refractivity contribution in [2.75, 3.05) is 17.4 Å². The summed E-state index contributed by atoms with van der Waals surface area (Å²) in [5, 5.41) is 15.5. The molecule has 148 valence electrons. The van der Waals surface area contributed by atoms with Crippen molar-refractivity contribution in [1.82, 2.24) is 34.8 Å². The predicted molar refractivity (Wildman–Crippen MR) is 103 cm³/mol. The number of amides is 1. The average Bonchev–Trinajstić information content (AvgIpc) is 3.30. The van der Waals surface area contributed by atoms with Gasteiger partial charge >= 0.3 is 6.03 Å². The number of alkyl halides is 1. The van der Waals surface area contributed by atoms with Crippen LogP contribution in [0.25, 0.3) is 17.3 Å². The first kappa shape index (κ1) is 19.7. The van der Waals surface area contributed by atoms with Gasteiger partial charge in [0.25, 0.3) is 0 Å². The summed E-state index contributed by atoms with van der Waals surface area (Å²) < 4.78 is 16.1. The second kappa shape index (κ2) is 8.34. The van der Waals surface area contributed by atoms with Crippen LogP contribution in [0.5, 0.6) is 0 Å². The first-order valence-corrected chi connectivity index (χ1v) is 9.23. The van der Waals surface area contributed by atoms with Crippen molar-refractivity contribution in [1.29, 1.82) is 0 Å². The van der Waals surface area contributed by atoms with Gasteiger partial charge in [-0.15, -0.1) is 26.9 Å². The highest BCUT2D eigenvalue weighted by Crippen LogP contribution is 2.25. The van der Waals surface area contributed by atoms with Crippen molar-refractivity contribution in [3.63, 3.8) is 0 Å². The van der Waals surface area contributed by atoms with Crippen molar-refractivity contribution in [2.45, 2.75) is 26.8 Å². The summed E-state index contributed by atoms with van der Waals surface area (Å²) in [7, 11) is 0. The van der Waals surface area contributed by atoms with E-state index in [1.54, 1.807) is 15.5 Å². The molecule has 0 aliphatic carbocycles. The van der Waals surface area contributed by atoms with Crippen molar-refractivity contribution in [2.24, 2.45) is 0 Å². The molecule has 0 spiro atoms. The molecule has 3 aromatic heterocycles. The van der Waals surface area contributed by atoms with Gasteiger partial charge in [-0.1, -0.05) is 0 Å². The SMILES string of the molecule is CCN(CCl)c1nnc(-c2ccc(F)cn2)n1-c1ccn(C(=O)NC(C)C)n1. The van der Waals surface area contributed by atoms with Crippen LogP contribution in [-0.4, -0.2) is 54.2 Å². The highest BCUT2D eigenvalue weighted by Gasteiger charge is 2.22. The van der Waals surface area contributed by atoms with Crippen LogP contribution in [0.3, 0.4) is 0 Å². The Bertz CT molecular complexity index is 948. The fraction of sp³-hybridized carbons (Fsp3) is 0.353. The number of nitrogens with zero attached hydrogens (tertiary/aromatic N) is 7. The van der Waals surface area contributed by atoms with E-state index < -0.39 is 5.82 Å². The van der Waals surface area contributed by atoms with Crippen molar-refractivity contribution in [3.05, 3.63) is 36.4 Å². The lowest BCUT2D eigenvalue weighted by Gasteiger charge is -2.18. The number of pyridine rings is 1. The van der Waals surface area contributed by atoms with Gasteiger partial charge in [-0.25, -0.2) is 18.7 Å². The number of aromatic nitrogens is 6. The van der Waals surface area contributed by atoms with Gasteiger partial charge < -0.3 is 10.2 Å². The molecule has 0 radical (unpaired) electrons. The molecular weight excluding hydrogens is 387 g/mol. The van der Waals surface area contributed by atoms with Crippen LogP contribution in [-0.2, 0) is 0 Å². The summed E-state index contributed by atoms with van der Waals surface area (Å²) in [6.07, 6.45) is 2.64. The minimum absolute atomic E-state index is 0.0311. The quantitative estimate of drug-likeness (QED) is 0.499. The lowest BCUT2D eigenvalue weighted by molar-refractivity contribution is 0.237. The highest BCUT2D eigenvalue weighted by molar-refractivity contribution is 6.18. The number of anilines is 1. The van der Waals surface area contributed by atoms with E-state index in [4.69, 9.17) is 11.6 Å². The normalized spacial score (nSPS) is 11.1. The molecule has 3 aromatic rings. The topological polar surface area (TPSA) is 93.8 Å². The predicted octanol–water partition coefficient (Wildman–Crippen LogP) is 2.65. The van der Waals surface area contributed by atoms with Gasteiger partial charge in [0.05, 0.1) is 12.2 Å². The second-order valence-corrected chi connectivity index (χ2v) is 6.46. The van der Waals surface area contributed by atoms with E-state index >= 15 is 0 Å². The van der Waals surface area contributed by atoms with Gasteiger partial charge in [0.2, 0.25) is 5.95 Å². The Balaban J connectivity index is 2.09. The lowest BCUT2D eigenvalue weighted by atomic mass is 10.3. The van der Waals surface area contributed by atoms with E-state index in [2.05, 4.69) is 25.6 Å². The Kier molecular flexibility index (Phi) is 5.88. The summed E-state index contributed by atoms with van der Waals surface area (Å²) >= 11 is 6.04. The molecule has 0 aromatic carbocycles. The van der Waals surface area contributed by atoms with Crippen LogP contribution in [0.4, 0.5) is 15.1 Å². The van der Waals surface area contributed by atoms with Crippen LogP contribution < -0.4 is 10.2 Å². The average molecular weight is 407 g/mol. The third kappa shape index (κ3) is 3.96. The molecule has 11 heteroatoms. The van der Waals surface area contributed by atoms with Crippen LogP contribution in [0, 0.1) is 5.82 Å². The van der Waals surface area contributed by atoms with Gasteiger partial charge in [0.1, 0.15) is 11.5 Å². The molecule has 0 saturated carbocycles. The Morgan fingerprint density at radius 1 is 1.32 bits per heavy atom. The number of hydrogen-bond donors (Lipinski definition) is 1. The Morgan fingerprint density at radius 3 is 2.71 bits per heavy atom. The van der Waals surface area contributed by atoms with E-state index in [1.807, 2.05) is 20.8 Å². The van der Waals surface area contributed by atoms with Gasteiger partial charge in [-0.3, -0.25) is 0 Å². The van der Waals surface area contributed by atoms with E-state index in [-0.39, 0.29) is 18.1 Å². The molecule has 9 nitrogen and oxygen atoms in total. The molecule has 1 N–H and O–H groups in total. The van der Waals surface area contributed by atoms with E-state index in [0.717, 1.165) is 6.20 Å². The van der Waals surface area contributed by atoms with Crippen LogP contribution in [0.1, 0.15) is 20.8 Å². The van der Waals surface area contributed by atoms with Gasteiger partial charge in [0, 0.05) is 24.8 Å². The fourth-order valence-corrected chi connectivity index (χ4v) is 2.78. The molecule has 0 aliphatic rings. The Labute approximate surface area is 166 Å².